The fourth-order valence-corrected chi connectivity index (χ4v) is 0.472. The van der Waals surface area contributed by atoms with Crippen LogP contribution in [0, 0.1) is 0 Å². The second kappa shape index (κ2) is 5.03. The average molecular weight is 119 g/mol. The van der Waals surface area contributed by atoms with E-state index in [1.807, 2.05) is 19.3 Å². The van der Waals surface area contributed by atoms with E-state index < -0.39 is 0 Å². The lowest BCUT2D eigenvalue weighted by Crippen LogP contribution is -2.23. The Labute approximate surface area is 49.6 Å². The monoisotopic (exact) mass is 119 g/mol. The lowest BCUT2D eigenvalue weighted by Gasteiger charge is -2.08. The predicted octanol–water partition coefficient (Wildman–Crippen LogP) is 0.390. The summed E-state index contributed by atoms with van der Waals surface area (Å²) in [5, 5.41) is 8.13. The number of hydrogen-bond acceptors (Lipinski definition) is 3. The van der Waals surface area contributed by atoms with Gasteiger partial charge in [0.25, 0.3) is 0 Å². The van der Waals surface area contributed by atoms with Gasteiger partial charge in [-0.15, -0.1) is 0 Å². The highest BCUT2D eigenvalue weighted by atomic mass is 16.5. The topological polar surface area (TPSA) is 41.5 Å². The van der Waals surface area contributed by atoms with Crippen LogP contribution in [0.2, 0.25) is 0 Å². The van der Waals surface area contributed by atoms with Gasteiger partial charge in [-0.2, -0.15) is 0 Å². The Balaban J connectivity index is 2.92. The van der Waals surface area contributed by atoms with Gasteiger partial charge in [0, 0.05) is 13.2 Å². The van der Waals surface area contributed by atoms with Crippen molar-refractivity contribution in [2.45, 2.75) is 20.0 Å². The van der Waals surface area contributed by atoms with Gasteiger partial charge >= 0.3 is 0 Å². The van der Waals surface area contributed by atoms with Crippen LogP contribution in [-0.2, 0) is 4.74 Å². The van der Waals surface area contributed by atoms with Gasteiger partial charge in [0.05, 0.1) is 6.10 Å². The van der Waals surface area contributed by atoms with Crippen molar-refractivity contribution in [3.63, 3.8) is 0 Å². The van der Waals surface area contributed by atoms with E-state index in [2.05, 4.69) is 0 Å². The van der Waals surface area contributed by atoms with Crippen LogP contribution < -0.4 is 5.48 Å². The summed E-state index contributed by atoms with van der Waals surface area (Å²) < 4.78 is 5.06. The van der Waals surface area contributed by atoms with Crippen LogP contribution in [0.1, 0.15) is 13.8 Å². The number of hydrogen-bond donors (Lipinski definition) is 2. The molecular formula is C5H13NO2. The lowest BCUT2D eigenvalue weighted by atomic mass is 10.4. The van der Waals surface area contributed by atoms with E-state index >= 15 is 0 Å². The van der Waals surface area contributed by atoms with Gasteiger partial charge in [-0.3, -0.25) is 0 Å². The summed E-state index contributed by atoms with van der Waals surface area (Å²) in [5.41, 5.74) is 2.03. The summed E-state index contributed by atoms with van der Waals surface area (Å²) in [5.74, 6) is 0. The van der Waals surface area contributed by atoms with Gasteiger partial charge in [-0.1, -0.05) is 0 Å². The van der Waals surface area contributed by atoms with Gasteiger partial charge in [-0.05, 0) is 13.8 Å². The van der Waals surface area contributed by atoms with Crippen molar-refractivity contribution in [1.29, 1.82) is 0 Å². The summed E-state index contributed by atoms with van der Waals surface area (Å²) in [6, 6.07) is 0. The fourth-order valence-electron chi connectivity index (χ4n) is 0.472. The third-order valence-electron chi connectivity index (χ3n) is 0.830. The second-order valence-electron chi connectivity index (χ2n) is 1.63. The largest absolute Gasteiger partial charge is 0.377 e. The molecule has 0 radical (unpaired) electrons. The maximum Gasteiger partial charge on any atom is 0.0694 e. The molecule has 0 aliphatic carbocycles. The Morgan fingerprint density at radius 2 is 2.38 bits per heavy atom. The quantitative estimate of drug-likeness (QED) is 0.526. The van der Waals surface area contributed by atoms with Crippen LogP contribution in [0.5, 0.6) is 0 Å². The summed E-state index contributed by atoms with van der Waals surface area (Å²) in [6.45, 7) is 5.01. The van der Waals surface area contributed by atoms with Crippen molar-refractivity contribution >= 4 is 0 Å². The van der Waals surface area contributed by atoms with Crippen molar-refractivity contribution in [2.24, 2.45) is 0 Å². The molecule has 0 saturated heterocycles. The van der Waals surface area contributed by atoms with E-state index in [0.717, 1.165) is 0 Å². The highest BCUT2D eigenvalue weighted by molar-refractivity contribution is 4.46. The smallest absolute Gasteiger partial charge is 0.0694 e. The van der Waals surface area contributed by atoms with Crippen molar-refractivity contribution in [3.05, 3.63) is 0 Å². The van der Waals surface area contributed by atoms with E-state index in [1.54, 1.807) is 0 Å². The van der Waals surface area contributed by atoms with Crippen molar-refractivity contribution in [1.82, 2.24) is 5.48 Å². The van der Waals surface area contributed by atoms with Crippen LogP contribution in [-0.4, -0.2) is 24.5 Å². The highest BCUT2D eigenvalue weighted by Gasteiger charge is 1.95. The lowest BCUT2D eigenvalue weighted by molar-refractivity contribution is 0.0415. The van der Waals surface area contributed by atoms with Gasteiger partial charge in [-0.25, -0.2) is 5.48 Å². The molecule has 0 spiro atoms. The Bertz CT molecular complexity index is 43.7. The minimum Gasteiger partial charge on any atom is -0.377 e. The summed E-state index contributed by atoms with van der Waals surface area (Å²) in [6.07, 6.45) is 0.102. The molecule has 0 bridgehead atoms. The molecular weight excluding hydrogens is 106 g/mol. The first kappa shape index (κ1) is 7.88. The molecule has 0 aromatic heterocycles. The van der Waals surface area contributed by atoms with Crippen LogP contribution in [0.15, 0.2) is 0 Å². The zero-order valence-corrected chi connectivity index (χ0v) is 5.35. The molecule has 0 aromatic carbocycles. The molecule has 0 saturated carbocycles. The average Bonchev–Trinajstić information content (AvgIpc) is 1.68. The van der Waals surface area contributed by atoms with Crippen molar-refractivity contribution in [2.75, 3.05) is 13.2 Å². The first-order valence-corrected chi connectivity index (χ1v) is 2.79. The molecule has 50 valence electrons. The van der Waals surface area contributed by atoms with Gasteiger partial charge < -0.3 is 9.94 Å². The molecule has 0 aliphatic heterocycles. The molecule has 0 aromatic rings. The third-order valence-corrected chi connectivity index (χ3v) is 0.830. The Morgan fingerprint density at radius 1 is 1.75 bits per heavy atom. The van der Waals surface area contributed by atoms with E-state index in [4.69, 9.17) is 9.94 Å². The number of hydroxylamine groups is 1. The van der Waals surface area contributed by atoms with Crippen molar-refractivity contribution in [3.8, 4) is 0 Å². The number of nitrogens with one attached hydrogen (secondary N) is 1. The maximum absolute atomic E-state index is 8.13. The molecule has 2 N–H and O–H groups in total. The summed E-state index contributed by atoms with van der Waals surface area (Å²) in [4.78, 5) is 0. The van der Waals surface area contributed by atoms with E-state index in [0.29, 0.717) is 13.2 Å². The van der Waals surface area contributed by atoms with Gasteiger partial charge in [0.2, 0.25) is 0 Å². The number of rotatable bonds is 4. The Morgan fingerprint density at radius 3 is 2.75 bits per heavy atom. The van der Waals surface area contributed by atoms with Crippen LogP contribution in [0.3, 0.4) is 0 Å². The first-order valence-electron chi connectivity index (χ1n) is 2.79. The molecule has 0 heterocycles. The normalized spacial score (nSPS) is 13.9. The molecule has 0 amide bonds. The SMILES string of the molecule is CCOC(C)CNO. The second-order valence-corrected chi connectivity index (χ2v) is 1.63. The summed E-state index contributed by atoms with van der Waals surface area (Å²) in [7, 11) is 0. The molecule has 3 heteroatoms. The molecule has 0 fully saturated rings. The first-order chi connectivity index (χ1) is 3.81. The minimum absolute atomic E-state index is 0.102. The molecule has 0 aliphatic rings. The Kier molecular flexibility index (Phi) is 4.95. The highest BCUT2D eigenvalue weighted by Crippen LogP contribution is 1.84. The Hall–Kier alpha value is -0.120. The van der Waals surface area contributed by atoms with E-state index in [-0.39, 0.29) is 6.10 Å². The maximum atomic E-state index is 8.13. The standard InChI is InChI=1S/C5H13NO2/c1-3-8-5(2)4-6-7/h5-7H,3-4H2,1-2H3. The number of ether oxygens (including phenoxy) is 1. The van der Waals surface area contributed by atoms with Gasteiger partial charge in [0.1, 0.15) is 0 Å². The minimum atomic E-state index is 0.102. The predicted molar refractivity (Wildman–Crippen MR) is 30.9 cm³/mol. The molecule has 8 heavy (non-hydrogen) atoms. The third kappa shape index (κ3) is 4.05. The van der Waals surface area contributed by atoms with Gasteiger partial charge in [0.15, 0.2) is 0 Å². The van der Waals surface area contributed by atoms with E-state index in [9.17, 15) is 0 Å². The van der Waals surface area contributed by atoms with E-state index in [1.165, 1.54) is 0 Å². The van der Waals surface area contributed by atoms with Crippen LogP contribution >= 0.6 is 0 Å². The zero-order valence-electron chi connectivity index (χ0n) is 5.35. The summed E-state index contributed by atoms with van der Waals surface area (Å²) >= 11 is 0. The fraction of sp³-hybridized carbons (Fsp3) is 1.00. The van der Waals surface area contributed by atoms with Crippen LogP contribution in [0.4, 0.5) is 0 Å². The molecule has 1 atom stereocenters. The van der Waals surface area contributed by atoms with Crippen LogP contribution in [0.25, 0.3) is 0 Å². The molecule has 3 nitrogen and oxygen atoms in total. The molecule has 0 rings (SSSR count). The molecule has 1 unspecified atom stereocenters. The van der Waals surface area contributed by atoms with Crippen molar-refractivity contribution < 1.29 is 9.94 Å². The zero-order chi connectivity index (χ0) is 6.41.